The fraction of sp³-hybridized carbons (Fsp3) is 0.375. The van der Waals surface area contributed by atoms with E-state index in [0.29, 0.717) is 5.01 Å². The predicted octanol–water partition coefficient (Wildman–Crippen LogP) is 1.36. The summed E-state index contributed by atoms with van der Waals surface area (Å²) in [4.78, 5) is 10.9. The molecule has 3 N–H and O–H groups in total. The lowest BCUT2D eigenvalue weighted by atomic mass is 10.2. The van der Waals surface area contributed by atoms with Crippen LogP contribution in [0.1, 0.15) is 6.92 Å². The highest BCUT2D eigenvalue weighted by Crippen LogP contribution is 2.33. The van der Waals surface area contributed by atoms with Gasteiger partial charge in [0, 0.05) is 18.0 Å². The molecule has 1 rings (SSSR count). The van der Waals surface area contributed by atoms with E-state index in [2.05, 4.69) is 21.2 Å². The van der Waals surface area contributed by atoms with Gasteiger partial charge in [-0.2, -0.15) is 13.2 Å². The van der Waals surface area contributed by atoms with Crippen molar-refractivity contribution < 1.29 is 18.0 Å². The van der Waals surface area contributed by atoms with Crippen molar-refractivity contribution in [1.29, 1.82) is 0 Å². The predicted molar refractivity (Wildman–Crippen MR) is 54.8 cm³/mol. The van der Waals surface area contributed by atoms with Crippen LogP contribution in [0, 0.1) is 0 Å². The summed E-state index contributed by atoms with van der Waals surface area (Å²) in [7, 11) is 0. The second kappa shape index (κ2) is 4.46. The SMILES string of the molecule is CC(=O)N(N)C1=CC(C(F)(F)F)=C(Br)CN1. The van der Waals surface area contributed by atoms with E-state index in [0.717, 1.165) is 13.0 Å². The van der Waals surface area contributed by atoms with Crippen LogP contribution in [0.2, 0.25) is 0 Å². The van der Waals surface area contributed by atoms with Gasteiger partial charge >= 0.3 is 6.18 Å². The number of alkyl halides is 3. The first-order chi connectivity index (χ1) is 7.23. The number of allylic oxidation sites excluding steroid dienone is 2. The molecule has 16 heavy (non-hydrogen) atoms. The lowest BCUT2D eigenvalue weighted by Crippen LogP contribution is -2.42. The fourth-order valence-corrected chi connectivity index (χ4v) is 1.57. The molecule has 0 bridgehead atoms. The number of nitrogens with two attached hydrogens (primary N) is 1. The molecule has 0 aliphatic carbocycles. The zero-order valence-corrected chi connectivity index (χ0v) is 9.82. The third-order valence-electron chi connectivity index (χ3n) is 1.90. The second-order valence-electron chi connectivity index (χ2n) is 3.09. The van der Waals surface area contributed by atoms with Gasteiger partial charge in [0.15, 0.2) is 0 Å². The number of nitrogens with zero attached hydrogens (tertiary/aromatic N) is 1. The normalized spacial score (nSPS) is 16.8. The van der Waals surface area contributed by atoms with E-state index in [1.54, 1.807) is 0 Å². The van der Waals surface area contributed by atoms with Crippen molar-refractivity contribution in [3.63, 3.8) is 0 Å². The van der Waals surface area contributed by atoms with Crippen molar-refractivity contribution in [3.05, 3.63) is 22.0 Å². The van der Waals surface area contributed by atoms with Crippen molar-refractivity contribution in [3.8, 4) is 0 Å². The standard InChI is InChI=1S/C8H9BrF3N3O/c1-4(16)15(13)7-2-5(8(10,11)12)6(9)3-14-7/h2,14H,3,13H2,1H3. The summed E-state index contributed by atoms with van der Waals surface area (Å²) in [6.45, 7) is 1.09. The van der Waals surface area contributed by atoms with Gasteiger partial charge in [0.25, 0.3) is 0 Å². The Hall–Kier alpha value is -1.02. The van der Waals surface area contributed by atoms with Gasteiger partial charge in [0.1, 0.15) is 5.82 Å². The average Bonchev–Trinajstić information content (AvgIpc) is 2.15. The average molecular weight is 300 g/mol. The van der Waals surface area contributed by atoms with Gasteiger partial charge in [0.2, 0.25) is 5.91 Å². The molecule has 0 aromatic rings. The third kappa shape index (κ3) is 2.76. The highest BCUT2D eigenvalue weighted by molar-refractivity contribution is 9.11. The maximum absolute atomic E-state index is 12.5. The van der Waals surface area contributed by atoms with Gasteiger partial charge in [0.05, 0.1) is 5.57 Å². The molecule has 8 heteroatoms. The van der Waals surface area contributed by atoms with E-state index in [-0.39, 0.29) is 16.8 Å². The Labute approximate surface area is 98.1 Å². The maximum atomic E-state index is 12.5. The van der Waals surface area contributed by atoms with E-state index in [9.17, 15) is 18.0 Å². The van der Waals surface area contributed by atoms with Gasteiger partial charge in [-0.05, 0) is 6.08 Å². The van der Waals surface area contributed by atoms with E-state index in [1.807, 2.05) is 0 Å². The summed E-state index contributed by atoms with van der Waals surface area (Å²) in [5, 5.41) is 3.22. The molecule has 0 atom stereocenters. The monoisotopic (exact) mass is 299 g/mol. The largest absolute Gasteiger partial charge is 0.417 e. The number of hydrogen-bond acceptors (Lipinski definition) is 3. The van der Waals surface area contributed by atoms with Gasteiger partial charge in [-0.15, -0.1) is 0 Å². The number of amides is 1. The Morgan fingerprint density at radius 2 is 2.19 bits per heavy atom. The molecule has 1 heterocycles. The fourth-order valence-electron chi connectivity index (χ4n) is 1.09. The molecule has 1 aliphatic heterocycles. The van der Waals surface area contributed by atoms with Crippen LogP contribution < -0.4 is 11.2 Å². The Morgan fingerprint density at radius 1 is 1.62 bits per heavy atom. The highest BCUT2D eigenvalue weighted by Gasteiger charge is 2.36. The molecule has 0 saturated carbocycles. The van der Waals surface area contributed by atoms with Gasteiger partial charge in [-0.1, -0.05) is 15.9 Å². The first kappa shape index (κ1) is 13.0. The molecule has 1 aliphatic rings. The van der Waals surface area contributed by atoms with Crippen LogP contribution in [0.25, 0.3) is 0 Å². The summed E-state index contributed by atoms with van der Waals surface area (Å²) in [6.07, 6.45) is -3.70. The molecule has 0 radical (unpaired) electrons. The van der Waals surface area contributed by atoms with Crippen LogP contribution in [0.15, 0.2) is 22.0 Å². The van der Waals surface area contributed by atoms with E-state index < -0.39 is 17.7 Å². The summed E-state index contributed by atoms with van der Waals surface area (Å²) in [5.41, 5.74) is -0.849. The lowest BCUT2D eigenvalue weighted by Gasteiger charge is -2.25. The number of nitrogens with one attached hydrogen (secondary N) is 1. The Kier molecular flexibility index (Phi) is 3.64. The number of rotatable bonds is 1. The minimum absolute atomic E-state index is 0.0271. The Balaban J connectivity index is 3.06. The van der Waals surface area contributed by atoms with Crippen LogP contribution in [-0.4, -0.2) is 23.6 Å². The Morgan fingerprint density at radius 3 is 2.62 bits per heavy atom. The molecule has 0 unspecified atom stereocenters. The summed E-state index contributed by atoms with van der Waals surface area (Å²) >= 11 is 2.81. The Bertz CT molecular complexity index is 375. The van der Waals surface area contributed by atoms with E-state index in [1.165, 1.54) is 0 Å². The molecule has 0 spiro atoms. The van der Waals surface area contributed by atoms with Crippen molar-refractivity contribution in [1.82, 2.24) is 10.3 Å². The zero-order valence-electron chi connectivity index (χ0n) is 8.23. The van der Waals surface area contributed by atoms with Crippen molar-refractivity contribution in [2.45, 2.75) is 13.1 Å². The van der Waals surface area contributed by atoms with Gasteiger partial charge in [-0.3, -0.25) is 4.79 Å². The lowest BCUT2D eigenvalue weighted by molar-refractivity contribution is -0.127. The van der Waals surface area contributed by atoms with Crippen LogP contribution in [0.3, 0.4) is 0 Å². The van der Waals surface area contributed by atoms with Crippen LogP contribution in [0.4, 0.5) is 13.2 Å². The number of carbonyl (C=O) groups is 1. The van der Waals surface area contributed by atoms with Crippen LogP contribution in [-0.2, 0) is 4.79 Å². The first-order valence-electron chi connectivity index (χ1n) is 4.20. The minimum atomic E-state index is -4.48. The minimum Gasteiger partial charge on any atom is -0.366 e. The number of dihydropyridines is 1. The number of halogens is 4. The van der Waals surface area contributed by atoms with Gasteiger partial charge in [-0.25, -0.2) is 10.9 Å². The molecule has 0 aromatic carbocycles. The molecule has 1 amide bonds. The smallest absolute Gasteiger partial charge is 0.366 e. The third-order valence-corrected chi connectivity index (χ3v) is 2.61. The van der Waals surface area contributed by atoms with E-state index in [4.69, 9.17) is 5.84 Å². The van der Waals surface area contributed by atoms with Crippen molar-refractivity contribution >= 4 is 21.8 Å². The molecule has 90 valence electrons. The topological polar surface area (TPSA) is 58.4 Å². The number of carbonyl (C=O) groups excluding carboxylic acids is 1. The second-order valence-corrected chi connectivity index (χ2v) is 4.05. The maximum Gasteiger partial charge on any atom is 0.417 e. The van der Waals surface area contributed by atoms with Crippen molar-refractivity contribution in [2.24, 2.45) is 5.84 Å². The van der Waals surface area contributed by atoms with Crippen LogP contribution >= 0.6 is 15.9 Å². The molecule has 0 aromatic heterocycles. The molecular formula is C8H9BrF3N3O. The van der Waals surface area contributed by atoms with Crippen molar-refractivity contribution in [2.75, 3.05) is 6.54 Å². The van der Waals surface area contributed by atoms with E-state index >= 15 is 0 Å². The molecule has 4 nitrogen and oxygen atoms in total. The summed E-state index contributed by atoms with van der Waals surface area (Å²) in [5.74, 6) is 4.65. The summed E-state index contributed by atoms with van der Waals surface area (Å²) < 4.78 is 37.5. The van der Waals surface area contributed by atoms with Gasteiger partial charge < -0.3 is 5.32 Å². The zero-order chi connectivity index (χ0) is 12.5. The summed E-state index contributed by atoms with van der Waals surface area (Å²) in [6, 6.07) is 0. The molecule has 0 saturated heterocycles. The number of hydrogen-bond donors (Lipinski definition) is 2. The quantitative estimate of drug-likeness (QED) is 0.437. The molecular weight excluding hydrogens is 291 g/mol. The molecule has 0 fully saturated rings. The first-order valence-corrected chi connectivity index (χ1v) is 4.99. The van der Waals surface area contributed by atoms with Crippen LogP contribution in [0.5, 0.6) is 0 Å². The number of hydrazine groups is 1. The highest BCUT2D eigenvalue weighted by atomic mass is 79.9.